The van der Waals surface area contributed by atoms with Gasteiger partial charge in [-0.3, -0.25) is 0 Å². The van der Waals surface area contributed by atoms with Crippen molar-refractivity contribution >= 4 is 10.9 Å². The molecule has 0 radical (unpaired) electrons. The van der Waals surface area contributed by atoms with Gasteiger partial charge in [-0.05, 0) is 66.4 Å². The highest BCUT2D eigenvalue weighted by atomic mass is 32.2. The number of halogens is 3. The van der Waals surface area contributed by atoms with Crippen molar-refractivity contribution in [3.63, 3.8) is 0 Å². The van der Waals surface area contributed by atoms with Gasteiger partial charge in [0.1, 0.15) is 0 Å². The fraction of sp³-hybridized carbons (Fsp3) is 0.250. The summed E-state index contributed by atoms with van der Waals surface area (Å²) in [6.45, 7) is 8.52. The molecule has 0 nitrogen and oxygen atoms in total. The maximum absolute atomic E-state index is 13.0. The van der Waals surface area contributed by atoms with Gasteiger partial charge in [0.05, 0.1) is 16.5 Å². The molecule has 0 saturated heterocycles. The zero-order valence-corrected chi connectivity index (χ0v) is 17.3. The Hall–Kier alpha value is -2.20. The first-order valence-electron chi connectivity index (χ1n) is 9.14. The van der Waals surface area contributed by atoms with E-state index in [9.17, 15) is 13.2 Å². The molecular formula is C24H24F3S+. The molecule has 3 rings (SSSR count). The van der Waals surface area contributed by atoms with E-state index in [-0.39, 0.29) is 5.41 Å². The minimum Gasteiger partial charge on any atom is -0.166 e. The van der Waals surface area contributed by atoms with Crippen molar-refractivity contribution in [2.24, 2.45) is 0 Å². The Morgan fingerprint density at radius 2 is 0.929 bits per heavy atom. The van der Waals surface area contributed by atoms with Gasteiger partial charge in [0.15, 0.2) is 14.7 Å². The van der Waals surface area contributed by atoms with E-state index in [1.165, 1.54) is 17.7 Å². The Kier molecular flexibility index (Phi) is 5.62. The van der Waals surface area contributed by atoms with Crippen LogP contribution in [0.25, 0.3) is 0 Å². The third kappa shape index (κ3) is 4.61. The van der Waals surface area contributed by atoms with E-state index in [2.05, 4.69) is 57.2 Å². The lowest BCUT2D eigenvalue weighted by atomic mass is 9.87. The zero-order chi connectivity index (χ0) is 20.5. The van der Waals surface area contributed by atoms with E-state index in [0.29, 0.717) is 0 Å². The molecule has 1 atom stereocenters. The van der Waals surface area contributed by atoms with Crippen LogP contribution in [0.2, 0.25) is 0 Å². The molecule has 1 unspecified atom stereocenters. The van der Waals surface area contributed by atoms with Gasteiger partial charge in [0.25, 0.3) is 0 Å². The molecule has 0 aliphatic heterocycles. The second-order valence-corrected chi connectivity index (χ2v) is 9.94. The lowest BCUT2D eigenvalue weighted by Crippen LogP contribution is -2.12. The molecular weight excluding hydrogens is 377 g/mol. The molecule has 146 valence electrons. The molecule has 4 heteroatoms. The highest BCUT2D eigenvalue weighted by Crippen LogP contribution is 2.35. The fourth-order valence-electron chi connectivity index (χ4n) is 2.95. The van der Waals surface area contributed by atoms with E-state index in [1.54, 1.807) is 12.1 Å². The van der Waals surface area contributed by atoms with E-state index >= 15 is 0 Å². The Morgan fingerprint density at radius 1 is 0.571 bits per heavy atom. The van der Waals surface area contributed by atoms with Crippen LogP contribution in [0.4, 0.5) is 13.2 Å². The quantitative estimate of drug-likeness (QED) is 0.401. The van der Waals surface area contributed by atoms with Crippen LogP contribution in [-0.2, 0) is 22.5 Å². The molecule has 0 heterocycles. The summed E-state index contributed by atoms with van der Waals surface area (Å²) in [5.41, 5.74) is 1.82. The van der Waals surface area contributed by atoms with Crippen molar-refractivity contribution in [3.8, 4) is 0 Å². The number of benzene rings is 3. The maximum atomic E-state index is 13.0. The third-order valence-electron chi connectivity index (χ3n) is 4.63. The van der Waals surface area contributed by atoms with Gasteiger partial charge in [-0.1, -0.05) is 50.6 Å². The van der Waals surface area contributed by atoms with Crippen LogP contribution < -0.4 is 0 Å². The predicted octanol–water partition coefficient (Wildman–Crippen LogP) is 7.41. The van der Waals surface area contributed by atoms with Gasteiger partial charge >= 0.3 is 6.18 Å². The van der Waals surface area contributed by atoms with Crippen LogP contribution in [0.15, 0.2) is 87.5 Å². The average Bonchev–Trinajstić information content (AvgIpc) is 2.63. The number of hydrogen-bond donors (Lipinski definition) is 0. The van der Waals surface area contributed by atoms with Crippen LogP contribution >= 0.6 is 0 Å². The highest BCUT2D eigenvalue weighted by molar-refractivity contribution is 7.97. The molecule has 0 aromatic heterocycles. The van der Waals surface area contributed by atoms with E-state index in [0.717, 1.165) is 20.2 Å². The maximum Gasteiger partial charge on any atom is 0.416 e. The number of hydrogen-bond acceptors (Lipinski definition) is 0. The van der Waals surface area contributed by atoms with Crippen LogP contribution in [0.5, 0.6) is 0 Å². The summed E-state index contributed by atoms with van der Waals surface area (Å²) in [5.74, 6) is 0. The standard InChI is InChI=1S/C24H24F3S/c1-17-5-11-20(12-6-17)28(21-13-7-18(8-14-21)23(2,3)4)22-15-9-19(10-16-22)24(25,26)27/h5-16H,1-4H3/q+1. The molecule has 0 aliphatic rings. The molecule has 0 amide bonds. The van der Waals surface area contributed by atoms with Crippen molar-refractivity contribution in [2.45, 2.75) is 54.0 Å². The smallest absolute Gasteiger partial charge is 0.166 e. The minimum absolute atomic E-state index is 0.0509. The van der Waals surface area contributed by atoms with Crippen molar-refractivity contribution in [2.75, 3.05) is 0 Å². The Bertz CT molecular complexity index is 859. The molecule has 0 saturated carbocycles. The van der Waals surface area contributed by atoms with Crippen molar-refractivity contribution in [1.29, 1.82) is 0 Å². The first-order valence-corrected chi connectivity index (χ1v) is 10.4. The third-order valence-corrected chi connectivity index (χ3v) is 6.86. The molecule has 3 aromatic rings. The van der Waals surface area contributed by atoms with Crippen LogP contribution in [0.3, 0.4) is 0 Å². The second kappa shape index (κ2) is 7.67. The summed E-state index contributed by atoms with van der Waals surface area (Å²) in [6.07, 6.45) is -4.32. The normalized spacial score (nSPS) is 13.4. The van der Waals surface area contributed by atoms with Crippen LogP contribution in [0.1, 0.15) is 37.5 Å². The summed E-state index contributed by atoms with van der Waals surface area (Å²) in [6, 6.07) is 22.2. The van der Waals surface area contributed by atoms with E-state index < -0.39 is 22.6 Å². The van der Waals surface area contributed by atoms with Gasteiger partial charge in [-0.15, -0.1) is 0 Å². The van der Waals surface area contributed by atoms with Gasteiger partial charge < -0.3 is 0 Å². The molecule has 3 aromatic carbocycles. The SMILES string of the molecule is Cc1ccc([S+](c2ccc(C(C)(C)C)cc2)c2ccc(C(F)(F)F)cc2)cc1. The largest absolute Gasteiger partial charge is 0.416 e. The summed E-state index contributed by atoms with van der Waals surface area (Å²) in [5, 5.41) is 0. The second-order valence-electron chi connectivity index (χ2n) is 7.92. The van der Waals surface area contributed by atoms with Crippen molar-refractivity contribution in [3.05, 3.63) is 89.5 Å². The summed E-state index contributed by atoms with van der Waals surface area (Å²) in [4.78, 5) is 3.06. The van der Waals surface area contributed by atoms with Gasteiger partial charge in [0, 0.05) is 0 Å². The van der Waals surface area contributed by atoms with E-state index in [4.69, 9.17) is 0 Å². The molecule has 0 N–H and O–H groups in total. The van der Waals surface area contributed by atoms with E-state index in [1.807, 2.05) is 19.1 Å². The molecule has 0 aliphatic carbocycles. The topological polar surface area (TPSA) is 0 Å². The highest BCUT2D eigenvalue weighted by Gasteiger charge is 2.33. The monoisotopic (exact) mass is 401 g/mol. The Morgan fingerprint density at radius 3 is 1.29 bits per heavy atom. The Balaban J connectivity index is 2.06. The lowest BCUT2D eigenvalue weighted by molar-refractivity contribution is -0.137. The number of aryl methyl sites for hydroxylation is 1. The van der Waals surface area contributed by atoms with Crippen LogP contribution in [-0.4, -0.2) is 0 Å². The summed E-state index contributed by atoms with van der Waals surface area (Å²) < 4.78 is 38.9. The molecule has 28 heavy (non-hydrogen) atoms. The zero-order valence-electron chi connectivity index (χ0n) is 16.5. The molecule has 0 fully saturated rings. The minimum atomic E-state index is -4.32. The fourth-order valence-corrected chi connectivity index (χ4v) is 4.99. The van der Waals surface area contributed by atoms with Crippen molar-refractivity contribution in [1.82, 2.24) is 0 Å². The van der Waals surface area contributed by atoms with Crippen LogP contribution in [0, 0.1) is 6.92 Å². The lowest BCUT2D eigenvalue weighted by Gasteiger charge is -2.19. The van der Waals surface area contributed by atoms with Gasteiger partial charge in [0.2, 0.25) is 0 Å². The summed E-state index contributed by atoms with van der Waals surface area (Å²) >= 11 is 0. The average molecular weight is 402 g/mol. The molecule has 0 bridgehead atoms. The first-order chi connectivity index (χ1) is 13.1. The predicted molar refractivity (Wildman–Crippen MR) is 110 cm³/mol. The van der Waals surface area contributed by atoms with Crippen molar-refractivity contribution < 1.29 is 13.2 Å². The first kappa shape index (κ1) is 20.5. The van der Waals surface area contributed by atoms with Gasteiger partial charge in [-0.25, -0.2) is 0 Å². The number of alkyl halides is 3. The summed E-state index contributed by atoms with van der Waals surface area (Å²) in [7, 11) is -0.460. The van der Waals surface area contributed by atoms with Gasteiger partial charge in [-0.2, -0.15) is 13.2 Å². The number of rotatable bonds is 3. The molecule has 0 spiro atoms. The Labute approximate surface area is 167 Å².